The van der Waals surface area contributed by atoms with Crippen molar-refractivity contribution in [2.45, 2.75) is 25.3 Å². The Morgan fingerprint density at radius 3 is 2.69 bits per heavy atom. The molecule has 84 valence electrons. The van der Waals surface area contributed by atoms with E-state index >= 15 is 0 Å². The molecule has 1 aliphatic carbocycles. The third-order valence-electron chi connectivity index (χ3n) is 2.88. The molecular formula is C12H12BrNO2. The van der Waals surface area contributed by atoms with Crippen molar-refractivity contribution < 1.29 is 9.53 Å². The average molecular weight is 282 g/mol. The molecule has 0 heterocycles. The van der Waals surface area contributed by atoms with E-state index in [4.69, 9.17) is 4.74 Å². The summed E-state index contributed by atoms with van der Waals surface area (Å²) in [7, 11) is 1.62. The van der Waals surface area contributed by atoms with E-state index in [1.54, 1.807) is 13.2 Å². The predicted molar refractivity (Wildman–Crippen MR) is 64.5 cm³/mol. The summed E-state index contributed by atoms with van der Waals surface area (Å²) in [5, 5.41) is 0. The van der Waals surface area contributed by atoms with Gasteiger partial charge in [-0.25, -0.2) is 4.79 Å². The summed E-state index contributed by atoms with van der Waals surface area (Å²) in [6.07, 6.45) is 3.43. The smallest absolute Gasteiger partial charge is 0.235 e. The lowest BCUT2D eigenvalue weighted by atomic mass is 10.0. The van der Waals surface area contributed by atoms with Crippen molar-refractivity contribution in [2.24, 2.45) is 4.99 Å². The maximum Gasteiger partial charge on any atom is 0.235 e. The van der Waals surface area contributed by atoms with E-state index in [1.807, 2.05) is 19.1 Å². The highest BCUT2D eigenvalue weighted by molar-refractivity contribution is 9.10. The fourth-order valence-electron chi connectivity index (χ4n) is 1.93. The number of isocyanates is 1. The highest BCUT2D eigenvalue weighted by atomic mass is 79.9. The Bertz CT molecular complexity index is 474. The first-order valence-corrected chi connectivity index (χ1v) is 5.86. The van der Waals surface area contributed by atoms with E-state index in [1.165, 1.54) is 0 Å². The molecule has 16 heavy (non-hydrogen) atoms. The molecule has 0 N–H and O–H groups in total. The molecule has 1 fully saturated rings. The summed E-state index contributed by atoms with van der Waals surface area (Å²) < 4.78 is 6.27. The molecule has 1 saturated carbocycles. The van der Waals surface area contributed by atoms with Gasteiger partial charge in [0.05, 0.1) is 11.6 Å². The first kappa shape index (κ1) is 11.4. The van der Waals surface area contributed by atoms with E-state index < -0.39 is 0 Å². The van der Waals surface area contributed by atoms with Crippen LogP contribution in [0.5, 0.6) is 5.75 Å². The number of hydrogen-bond acceptors (Lipinski definition) is 3. The standard InChI is InChI=1S/C12H12BrNO2/c1-8-5-9(11(16-2)10(13)6-8)12(3-4-12)14-7-15/h5-6H,3-4H2,1-2H3. The van der Waals surface area contributed by atoms with Crippen LogP contribution in [-0.4, -0.2) is 13.2 Å². The van der Waals surface area contributed by atoms with Crippen LogP contribution < -0.4 is 4.74 Å². The van der Waals surface area contributed by atoms with Crippen LogP contribution in [0.2, 0.25) is 0 Å². The van der Waals surface area contributed by atoms with Gasteiger partial charge in [-0.15, -0.1) is 0 Å². The topological polar surface area (TPSA) is 38.7 Å². The van der Waals surface area contributed by atoms with Gasteiger partial charge in [-0.1, -0.05) is 0 Å². The van der Waals surface area contributed by atoms with Crippen LogP contribution >= 0.6 is 15.9 Å². The summed E-state index contributed by atoms with van der Waals surface area (Å²) in [5.74, 6) is 0.766. The number of methoxy groups -OCH3 is 1. The van der Waals surface area contributed by atoms with Gasteiger partial charge in [0.25, 0.3) is 0 Å². The minimum absolute atomic E-state index is 0.387. The molecular weight excluding hydrogens is 270 g/mol. The summed E-state index contributed by atoms with van der Waals surface area (Å²) in [5.41, 5.74) is 1.71. The second kappa shape index (κ2) is 4.04. The number of halogens is 1. The molecule has 3 nitrogen and oxygen atoms in total. The Morgan fingerprint density at radius 1 is 1.50 bits per heavy atom. The molecule has 0 aromatic heterocycles. The van der Waals surface area contributed by atoms with E-state index in [0.29, 0.717) is 0 Å². The summed E-state index contributed by atoms with van der Waals surface area (Å²) in [4.78, 5) is 14.4. The van der Waals surface area contributed by atoms with Crippen molar-refractivity contribution in [3.8, 4) is 5.75 Å². The van der Waals surface area contributed by atoms with Gasteiger partial charge in [0, 0.05) is 5.56 Å². The number of aliphatic imine (C=N–C) groups is 1. The third kappa shape index (κ3) is 1.79. The molecule has 0 spiro atoms. The lowest BCUT2D eigenvalue weighted by Gasteiger charge is -2.15. The Hall–Kier alpha value is -1.12. The second-order valence-corrected chi connectivity index (χ2v) is 4.92. The molecule has 4 heteroatoms. The van der Waals surface area contributed by atoms with Crippen molar-refractivity contribution in [3.05, 3.63) is 27.7 Å². The van der Waals surface area contributed by atoms with Crippen molar-refractivity contribution in [2.75, 3.05) is 7.11 Å². The monoisotopic (exact) mass is 281 g/mol. The van der Waals surface area contributed by atoms with Crippen molar-refractivity contribution >= 4 is 22.0 Å². The van der Waals surface area contributed by atoms with Gasteiger partial charge in [0.1, 0.15) is 11.3 Å². The number of benzene rings is 1. The number of hydrogen-bond donors (Lipinski definition) is 0. The van der Waals surface area contributed by atoms with Crippen molar-refractivity contribution in [3.63, 3.8) is 0 Å². The van der Waals surface area contributed by atoms with Crippen LogP contribution in [0.4, 0.5) is 0 Å². The van der Waals surface area contributed by atoms with Crippen LogP contribution in [0.15, 0.2) is 21.6 Å². The second-order valence-electron chi connectivity index (χ2n) is 4.06. The quantitative estimate of drug-likeness (QED) is 0.631. The minimum Gasteiger partial charge on any atom is -0.495 e. The normalized spacial score (nSPS) is 16.4. The van der Waals surface area contributed by atoms with Gasteiger partial charge >= 0.3 is 0 Å². The van der Waals surface area contributed by atoms with Gasteiger partial charge in [-0.2, -0.15) is 4.99 Å². The fourth-order valence-corrected chi connectivity index (χ4v) is 2.67. The number of ether oxygens (including phenoxy) is 1. The van der Waals surface area contributed by atoms with Gasteiger partial charge in [-0.05, 0) is 53.4 Å². The van der Waals surface area contributed by atoms with Crippen LogP contribution in [0.25, 0.3) is 0 Å². The number of rotatable bonds is 3. The molecule has 0 unspecified atom stereocenters. The van der Waals surface area contributed by atoms with Gasteiger partial charge in [0.2, 0.25) is 6.08 Å². The van der Waals surface area contributed by atoms with Crippen LogP contribution in [0.3, 0.4) is 0 Å². The summed E-state index contributed by atoms with van der Waals surface area (Å²) in [6.45, 7) is 2.01. The molecule has 0 bridgehead atoms. The highest BCUT2D eigenvalue weighted by Crippen LogP contribution is 2.53. The molecule has 1 aliphatic rings. The molecule has 0 aliphatic heterocycles. The van der Waals surface area contributed by atoms with Crippen LogP contribution in [0, 0.1) is 6.92 Å². The number of nitrogens with zero attached hydrogens (tertiary/aromatic N) is 1. The molecule has 1 aromatic rings. The number of carbonyl (C=O) groups excluding carboxylic acids is 1. The molecule has 0 atom stereocenters. The first-order valence-electron chi connectivity index (χ1n) is 5.06. The minimum atomic E-state index is -0.387. The van der Waals surface area contributed by atoms with Crippen molar-refractivity contribution in [1.82, 2.24) is 0 Å². The zero-order valence-electron chi connectivity index (χ0n) is 9.21. The zero-order valence-corrected chi connectivity index (χ0v) is 10.8. The van der Waals surface area contributed by atoms with E-state index in [9.17, 15) is 4.79 Å². The molecule has 0 saturated heterocycles. The SMILES string of the molecule is COc1c(Br)cc(C)cc1C1(N=C=O)CC1. The molecule has 0 amide bonds. The van der Waals surface area contributed by atoms with Crippen LogP contribution in [-0.2, 0) is 10.3 Å². The predicted octanol–water partition coefficient (Wildman–Crippen LogP) is 3.09. The Labute approximate surface area is 103 Å². The van der Waals surface area contributed by atoms with Gasteiger partial charge < -0.3 is 4.74 Å². The third-order valence-corrected chi connectivity index (χ3v) is 3.47. The lowest BCUT2D eigenvalue weighted by Crippen LogP contribution is -2.06. The summed E-state index contributed by atoms with van der Waals surface area (Å²) in [6, 6.07) is 4.01. The first-order chi connectivity index (χ1) is 7.63. The summed E-state index contributed by atoms with van der Waals surface area (Å²) >= 11 is 3.46. The van der Waals surface area contributed by atoms with Gasteiger partial charge in [0.15, 0.2) is 0 Å². The molecule has 0 radical (unpaired) electrons. The van der Waals surface area contributed by atoms with E-state index in [2.05, 4.69) is 20.9 Å². The Balaban J connectivity index is 2.59. The highest BCUT2D eigenvalue weighted by Gasteiger charge is 2.47. The van der Waals surface area contributed by atoms with E-state index in [-0.39, 0.29) is 5.54 Å². The largest absolute Gasteiger partial charge is 0.495 e. The number of aryl methyl sites for hydroxylation is 1. The average Bonchev–Trinajstić information content (AvgIpc) is 2.98. The van der Waals surface area contributed by atoms with Gasteiger partial charge in [-0.3, -0.25) is 0 Å². The fraction of sp³-hybridized carbons (Fsp3) is 0.417. The van der Waals surface area contributed by atoms with Crippen LogP contribution in [0.1, 0.15) is 24.0 Å². The lowest BCUT2D eigenvalue weighted by molar-refractivity contribution is 0.401. The zero-order chi connectivity index (χ0) is 11.8. The Morgan fingerprint density at radius 2 is 2.19 bits per heavy atom. The Kier molecular flexibility index (Phi) is 2.87. The van der Waals surface area contributed by atoms with Crippen molar-refractivity contribution in [1.29, 1.82) is 0 Å². The molecule has 1 aromatic carbocycles. The maximum atomic E-state index is 10.5. The molecule has 2 rings (SSSR count). The van der Waals surface area contributed by atoms with E-state index in [0.717, 1.165) is 34.2 Å². The maximum absolute atomic E-state index is 10.5.